The molecule has 20 heavy (non-hydrogen) atoms. The first-order valence-electron chi connectivity index (χ1n) is 6.01. The summed E-state index contributed by atoms with van der Waals surface area (Å²) in [5, 5.41) is 13.4. The first kappa shape index (κ1) is 12.2. The Morgan fingerprint density at radius 3 is 2.85 bits per heavy atom. The summed E-state index contributed by atoms with van der Waals surface area (Å²) in [6.45, 7) is 1.95. The number of nitrogen functional groups attached to an aromatic ring is 1. The maximum atomic E-state index is 11.4. The Balaban J connectivity index is 2.32. The molecule has 0 radical (unpaired) electrons. The second kappa shape index (κ2) is 4.34. The molecule has 0 aliphatic rings. The number of fused-ring (bicyclic) bond motifs is 1. The summed E-state index contributed by atoms with van der Waals surface area (Å²) in [7, 11) is 0. The van der Waals surface area contributed by atoms with E-state index in [0.29, 0.717) is 11.2 Å². The van der Waals surface area contributed by atoms with Crippen molar-refractivity contribution in [2.24, 2.45) is 0 Å². The van der Waals surface area contributed by atoms with Gasteiger partial charge in [0.2, 0.25) is 5.95 Å². The molecule has 1 aromatic carbocycles. The number of hydrogen-bond donors (Lipinski definition) is 2. The zero-order valence-electron chi connectivity index (χ0n) is 10.7. The van der Waals surface area contributed by atoms with Crippen molar-refractivity contribution in [1.82, 2.24) is 14.6 Å². The number of aromatic carboxylic acids is 1. The fraction of sp³-hybridized carbons (Fsp3) is 0.0714. The molecule has 0 fully saturated rings. The van der Waals surface area contributed by atoms with Crippen LogP contribution in [-0.4, -0.2) is 25.7 Å². The van der Waals surface area contributed by atoms with E-state index in [4.69, 9.17) is 5.73 Å². The SMILES string of the molecule is Cc1cccc(-c2cn3nc(N)nc3cc2C(=O)O)c1. The van der Waals surface area contributed by atoms with Crippen molar-refractivity contribution in [3.8, 4) is 11.1 Å². The summed E-state index contributed by atoms with van der Waals surface area (Å²) in [6.07, 6.45) is 1.64. The van der Waals surface area contributed by atoms with E-state index in [-0.39, 0.29) is 11.5 Å². The topological polar surface area (TPSA) is 93.5 Å². The van der Waals surface area contributed by atoms with Crippen LogP contribution in [0, 0.1) is 6.92 Å². The lowest BCUT2D eigenvalue weighted by Crippen LogP contribution is -2.02. The Kier molecular flexibility index (Phi) is 2.64. The molecule has 0 aliphatic carbocycles. The minimum atomic E-state index is -1.01. The molecule has 3 rings (SSSR count). The average Bonchev–Trinajstić information content (AvgIpc) is 2.76. The Hall–Kier alpha value is -2.89. The largest absolute Gasteiger partial charge is 0.478 e. The van der Waals surface area contributed by atoms with Crippen LogP contribution in [-0.2, 0) is 0 Å². The minimum absolute atomic E-state index is 0.114. The van der Waals surface area contributed by atoms with E-state index in [9.17, 15) is 9.90 Å². The van der Waals surface area contributed by atoms with Crippen molar-refractivity contribution in [3.05, 3.63) is 47.7 Å². The summed E-state index contributed by atoms with van der Waals surface area (Å²) in [5.41, 5.74) is 8.58. The van der Waals surface area contributed by atoms with Crippen molar-refractivity contribution in [1.29, 1.82) is 0 Å². The van der Waals surface area contributed by atoms with E-state index in [1.807, 2.05) is 31.2 Å². The number of aromatic nitrogens is 3. The van der Waals surface area contributed by atoms with Gasteiger partial charge in [-0.1, -0.05) is 29.8 Å². The van der Waals surface area contributed by atoms with Gasteiger partial charge in [0.05, 0.1) is 5.56 Å². The highest BCUT2D eigenvalue weighted by Gasteiger charge is 2.15. The third kappa shape index (κ3) is 1.97. The number of nitrogens with zero attached hydrogens (tertiary/aromatic N) is 3. The van der Waals surface area contributed by atoms with Gasteiger partial charge in [-0.25, -0.2) is 9.31 Å². The van der Waals surface area contributed by atoms with Crippen molar-refractivity contribution in [2.75, 3.05) is 5.73 Å². The van der Waals surface area contributed by atoms with Crippen LogP contribution in [0.3, 0.4) is 0 Å². The third-order valence-corrected chi connectivity index (χ3v) is 3.05. The number of anilines is 1. The van der Waals surface area contributed by atoms with Crippen LogP contribution in [0.1, 0.15) is 15.9 Å². The molecule has 0 spiro atoms. The van der Waals surface area contributed by atoms with Gasteiger partial charge in [0, 0.05) is 11.8 Å². The predicted molar refractivity (Wildman–Crippen MR) is 74.5 cm³/mol. The van der Waals surface area contributed by atoms with Gasteiger partial charge >= 0.3 is 5.97 Å². The van der Waals surface area contributed by atoms with Crippen LogP contribution in [0.4, 0.5) is 5.95 Å². The zero-order chi connectivity index (χ0) is 14.3. The molecule has 0 atom stereocenters. The number of rotatable bonds is 2. The Morgan fingerprint density at radius 2 is 2.15 bits per heavy atom. The average molecular weight is 268 g/mol. The van der Waals surface area contributed by atoms with E-state index in [1.165, 1.54) is 10.6 Å². The predicted octanol–water partition coefficient (Wildman–Crippen LogP) is 1.99. The minimum Gasteiger partial charge on any atom is -0.478 e. The summed E-state index contributed by atoms with van der Waals surface area (Å²) in [4.78, 5) is 15.4. The molecule has 0 unspecified atom stereocenters. The monoisotopic (exact) mass is 268 g/mol. The Labute approximate surface area is 114 Å². The van der Waals surface area contributed by atoms with Crippen LogP contribution in [0.2, 0.25) is 0 Å². The van der Waals surface area contributed by atoms with Crippen LogP contribution < -0.4 is 5.73 Å². The van der Waals surface area contributed by atoms with Crippen molar-refractivity contribution in [2.45, 2.75) is 6.92 Å². The number of carbonyl (C=O) groups is 1. The molecule has 0 bridgehead atoms. The van der Waals surface area contributed by atoms with Gasteiger partial charge in [-0.3, -0.25) is 0 Å². The maximum Gasteiger partial charge on any atom is 0.336 e. The lowest BCUT2D eigenvalue weighted by atomic mass is 10.0. The third-order valence-electron chi connectivity index (χ3n) is 3.05. The Morgan fingerprint density at radius 1 is 1.35 bits per heavy atom. The molecular formula is C14H12N4O2. The van der Waals surface area contributed by atoms with E-state index >= 15 is 0 Å². The van der Waals surface area contributed by atoms with Gasteiger partial charge in [0.25, 0.3) is 0 Å². The highest BCUT2D eigenvalue weighted by molar-refractivity contribution is 5.97. The molecule has 2 heterocycles. The second-order valence-electron chi connectivity index (χ2n) is 4.55. The molecule has 0 saturated heterocycles. The zero-order valence-corrected chi connectivity index (χ0v) is 10.7. The smallest absolute Gasteiger partial charge is 0.336 e. The molecule has 3 aromatic rings. The number of nitrogens with two attached hydrogens (primary N) is 1. The number of hydrogen-bond acceptors (Lipinski definition) is 4. The molecule has 0 saturated carbocycles. The van der Waals surface area contributed by atoms with Crippen molar-refractivity contribution in [3.63, 3.8) is 0 Å². The van der Waals surface area contributed by atoms with Crippen molar-refractivity contribution >= 4 is 17.6 Å². The Bertz CT molecular complexity index is 823. The summed E-state index contributed by atoms with van der Waals surface area (Å²) in [6, 6.07) is 9.10. The van der Waals surface area contributed by atoms with Gasteiger partial charge in [-0.2, -0.15) is 4.98 Å². The van der Waals surface area contributed by atoms with Gasteiger partial charge in [0.1, 0.15) is 0 Å². The maximum absolute atomic E-state index is 11.4. The normalized spacial score (nSPS) is 10.8. The second-order valence-corrected chi connectivity index (χ2v) is 4.55. The summed E-state index contributed by atoms with van der Waals surface area (Å²) >= 11 is 0. The van der Waals surface area contributed by atoms with Gasteiger partial charge in [-0.15, -0.1) is 5.10 Å². The highest BCUT2D eigenvalue weighted by atomic mass is 16.4. The molecule has 6 heteroatoms. The van der Waals surface area contributed by atoms with Crippen molar-refractivity contribution < 1.29 is 9.90 Å². The molecule has 100 valence electrons. The fourth-order valence-electron chi connectivity index (χ4n) is 2.16. The van der Waals surface area contributed by atoms with Crippen LogP contribution >= 0.6 is 0 Å². The lowest BCUT2D eigenvalue weighted by molar-refractivity contribution is 0.0697. The summed E-state index contributed by atoms with van der Waals surface area (Å²) in [5.74, 6) is -0.895. The number of pyridine rings is 1. The molecular weight excluding hydrogens is 256 g/mol. The lowest BCUT2D eigenvalue weighted by Gasteiger charge is -2.07. The fourth-order valence-corrected chi connectivity index (χ4v) is 2.16. The molecule has 0 amide bonds. The molecule has 0 aliphatic heterocycles. The van der Waals surface area contributed by atoms with Gasteiger partial charge in [0.15, 0.2) is 5.65 Å². The number of carboxylic acid groups (broad SMARTS) is 1. The van der Waals surface area contributed by atoms with E-state index in [0.717, 1.165) is 11.1 Å². The first-order valence-corrected chi connectivity index (χ1v) is 6.01. The molecule has 6 nitrogen and oxygen atoms in total. The molecule has 2 aromatic heterocycles. The van der Waals surface area contributed by atoms with E-state index in [1.54, 1.807) is 6.20 Å². The molecule has 3 N–H and O–H groups in total. The number of carboxylic acids is 1. The van der Waals surface area contributed by atoms with Gasteiger partial charge in [-0.05, 0) is 18.6 Å². The first-order chi connectivity index (χ1) is 9.54. The van der Waals surface area contributed by atoms with E-state index in [2.05, 4.69) is 10.1 Å². The van der Waals surface area contributed by atoms with Gasteiger partial charge < -0.3 is 10.8 Å². The standard InChI is InChI=1S/C14H12N4O2/c1-8-3-2-4-9(5-8)11-7-18-12(16-14(15)17-18)6-10(11)13(19)20/h2-7H,1H3,(H2,15,17)(H,19,20). The van der Waals surface area contributed by atoms with Crippen LogP contribution in [0.25, 0.3) is 16.8 Å². The van der Waals surface area contributed by atoms with E-state index < -0.39 is 5.97 Å². The quantitative estimate of drug-likeness (QED) is 0.741. The number of aryl methyl sites for hydroxylation is 1. The number of benzene rings is 1. The van der Waals surface area contributed by atoms with Crippen LogP contribution in [0.5, 0.6) is 0 Å². The summed E-state index contributed by atoms with van der Waals surface area (Å²) < 4.78 is 1.49. The highest BCUT2D eigenvalue weighted by Crippen LogP contribution is 2.25. The van der Waals surface area contributed by atoms with Crippen LogP contribution in [0.15, 0.2) is 36.5 Å².